The summed E-state index contributed by atoms with van der Waals surface area (Å²) in [6, 6.07) is 20.4. The summed E-state index contributed by atoms with van der Waals surface area (Å²) in [6.07, 6.45) is 1.63. The molecule has 3 aromatic carbocycles. The van der Waals surface area contributed by atoms with E-state index >= 15 is 0 Å². The van der Waals surface area contributed by atoms with Crippen molar-refractivity contribution in [2.45, 2.75) is 12.3 Å². The van der Waals surface area contributed by atoms with E-state index in [1.807, 2.05) is 30.3 Å². The average Bonchev–Trinajstić information content (AvgIpc) is 2.86. The fraction of sp³-hybridized carbons (Fsp3) is 0.0741. The van der Waals surface area contributed by atoms with Gasteiger partial charge in [0, 0.05) is 17.4 Å². The zero-order valence-electron chi connectivity index (χ0n) is 18.2. The number of benzene rings is 3. The monoisotopic (exact) mass is 492 g/mol. The third-order valence-electron chi connectivity index (χ3n) is 5.47. The second kappa shape index (κ2) is 10.4. The van der Waals surface area contributed by atoms with Gasteiger partial charge in [-0.3, -0.25) is 9.78 Å². The summed E-state index contributed by atoms with van der Waals surface area (Å²) < 4.78 is 28.7. The van der Waals surface area contributed by atoms with E-state index in [1.165, 1.54) is 36.5 Å². The van der Waals surface area contributed by atoms with Gasteiger partial charge in [-0.2, -0.15) is 0 Å². The molecule has 1 heterocycles. The van der Waals surface area contributed by atoms with Crippen LogP contribution in [0.3, 0.4) is 0 Å². The Morgan fingerprint density at radius 3 is 2.29 bits per heavy atom. The number of anilines is 1. The summed E-state index contributed by atoms with van der Waals surface area (Å²) >= 11 is 5.81. The first-order chi connectivity index (χ1) is 16.8. The predicted octanol–water partition coefficient (Wildman–Crippen LogP) is 6.34. The van der Waals surface area contributed by atoms with Crippen LogP contribution in [0.15, 0.2) is 85.1 Å². The van der Waals surface area contributed by atoms with Crippen molar-refractivity contribution in [2.75, 3.05) is 5.32 Å². The highest BCUT2D eigenvalue weighted by Gasteiger charge is 2.24. The van der Waals surface area contributed by atoms with Crippen LogP contribution in [0.2, 0.25) is 5.02 Å². The van der Waals surface area contributed by atoms with E-state index in [0.29, 0.717) is 17.8 Å². The number of carboxylic acid groups (broad SMARTS) is 1. The number of pyridine rings is 1. The lowest BCUT2D eigenvalue weighted by molar-refractivity contribution is -0.117. The molecule has 0 aliphatic rings. The van der Waals surface area contributed by atoms with E-state index in [-0.39, 0.29) is 27.6 Å². The van der Waals surface area contributed by atoms with Crippen molar-refractivity contribution in [1.29, 1.82) is 0 Å². The zero-order valence-corrected chi connectivity index (χ0v) is 19.0. The van der Waals surface area contributed by atoms with Crippen LogP contribution < -0.4 is 5.32 Å². The predicted molar refractivity (Wildman–Crippen MR) is 130 cm³/mol. The molecule has 1 atom stereocenters. The van der Waals surface area contributed by atoms with Crippen molar-refractivity contribution in [1.82, 2.24) is 4.98 Å². The van der Waals surface area contributed by atoms with Crippen molar-refractivity contribution in [2.24, 2.45) is 0 Å². The quantitative estimate of drug-likeness (QED) is 0.295. The summed E-state index contributed by atoms with van der Waals surface area (Å²) in [4.78, 5) is 28.7. The zero-order chi connectivity index (χ0) is 24.9. The van der Waals surface area contributed by atoms with Crippen LogP contribution in [0.25, 0.3) is 11.1 Å². The molecule has 0 saturated carbocycles. The highest BCUT2D eigenvalue weighted by molar-refractivity contribution is 6.31. The largest absolute Gasteiger partial charge is 0.478 e. The van der Waals surface area contributed by atoms with Gasteiger partial charge in [-0.25, -0.2) is 13.6 Å². The van der Waals surface area contributed by atoms with E-state index in [1.54, 1.807) is 6.07 Å². The maximum Gasteiger partial charge on any atom is 0.335 e. The number of aromatic carboxylic acids is 1. The summed E-state index contributed by atoms with van der Waals surface area (Å²) in [5, 5.41) is 11.6. The second-order valence-corrected chi connectivity index (χ2v) is 8.21. The molecule has 1 amide bonds. The molecule has 0 bridgehead atoms. The number of nitrogens with zero attached hydrogens (tertiary/aromatic N) is 1. The number of carbonyl (C=O) groups excluding carboxylic acids is 1. The van der Waals surface area contributed by atoms with E-state index < -0.39 is 23.5 Å². The van der Waals surface area contributed by atoms with Crippen LogP contribution in [0.5, 0.6) is 0 Å². The molecule has 0 aliphatic carbocycles. The van der Waals surface area contributed by atoms with Crippen molar-refractivity contribution in [3.05, 3.63) is 119 Å². The normalized spacial score (nSPS) is 11.6. The van der Waals surface area contributed by atoms with Gasteiger partial charge in [-0.15, -0.1) is 0 Å². The molecule has 176 valence electrons. The Kier molecular flexibility index (Phi) is 7.17. The van der Waals surface area contributed by atoms with Gasteiger partial charge < -0.3 is 10.4 Å². The number of hydrogen-bond acceptors (Lipinski definition) is 3. The van der Waals surface area contributed by atoms with Gasteiger partial charge in [0.25, 0.3) is 0 Å². The minimum Gasteiger partial charge on any atom is -0.478 e. The molecule has 0 spiro atoms. The van der Waals surface area contributed by atoms with Gasteiger partial charge in [0.2, 0.25) is 5.91 Å². The lowest BCUT2D eigenvalue weighted by atomic mass is 9.94. The minimum absolute atomic E-state index is 0.0987. The highest BCUT2D eigenvalue weighted by atomic mass is 35.5. The van der Waals surface area contributed by atoms with Crippen LogP contribution in [0.4, 0.5) is 14.5 Å². The van der Waals surface area contributed by atoms with Crippen molar-refractivity contribution >= 4 is 29.2 Å². The van der Waals surface area contributed by atoms with Gasteiger partial charge in [-0.1, -0.05) is 48.0 Å². The van der Waals surface area contributed by atoms with E-state index in [2.05, 4.69) is 10.3 Å². The van der Waals surface area contributed by atoms with Crippen molar-refractivity contribution < 1.29 is 23.5 Å². The number of rotatable bonds is 7. The molecular weight excluding hydrogens is 474 g/mol. The van der Waals surface area contributed by atoms with Crippen LogP contribution in [0, 0.1) is 11.6 Å². The van der Waals surface area contributed by atoms with Gasteiger partial charge in [0.1, 0.15) is 5.82 Å². The SMILES string of the molecule is O=C(O)c1ccc(NC(=O)[C@H](Cc2ccccc2)c2ccc(-c3c(F)ccc(Cl)c3F)cn2)cc1. The Hall–Kier alpha value is -4.10. The number of carbonyl (C=O) groups is 2. The first-order valence-electron chi connectivity index (χ1n) is 10.6. The molecule has 4 rings (SSSR count). The van der Waals surface area contributed by atoms with Crippen molar-refractivity contribution in [3.8, 4) is 11.1 Å². The summed E-state index contributed by atoms with van der Waals surface area (Å²) in [5.74, 6) is -3.81. The smallest absolute Gasteiger partial charge is 0.335 e. The fourth-order valence-electron chi connectivity index (χ4n) is 3.66. The summed E-state index contributed by atoms with van der Waals surface area (Å²) in [5.41, 5.74) is 1.72. The van der Waals surface area contributed by atoms with Gasteiger partial charge >= 0.3 is 5.97 Å². The number of nitrogens with one attached hydrogen (secondary N) is 1. The Morgan fingerprint density at radius 2 is 1.66 bits per heavy atom. The number of hydrogen-bond donors (Lipinski definition) is 2. The fourth-order valence-corrected chi connectivity index (χ4v) is 3.82. The van der Waals surface area contributed by atoms with Crippen molar-refractivity contribution in [3.63, 3.8) is 0 Å². The minimum atomic E-state index is -1.07. The summed E-state index contributed by atoms with van der Waals surface area (Å²) in [6.45, 7) is 0. The molecule has 8 heteroatoms. The third kappa shape index (κ3) is 5.53. The van der Waals surface area contributed by atoms with Gasteiger partial charge in [0.05, 0.1) is 27.8 Å². The van der Waals surface area contributed by atoms with Gasteiger partial charge in [0.15, 0.2) is 5.82 Å². The molecule has 0 fully saturated rings. The van der Waals surface area contributed by atoms with Crippen LogP contribution in [-0.2, 0) is 11.2 Å². The molecular formula is C27H19ClF2N2O3. The molecule has 2 N–H and O–H groups in total. The van der Waals surface area contributed by atoms with Gasteiger partial charge in [-0.05, 0) is 54.4 Å². The third-order valence-corrected chi connectivity index (χ3v) is 5.77. The first kappa shape index (κ1) is 24.0. The lowest BCUT2D eigenvalue weighted by Crippen LogP contribution is -2.24. The molecule has 0 unspecified atom stereocenters. The molecule has 0 aliphatic heterocycles. The lowest BCUT2D eigenvalue weighted by Gasteiger charge is -2.17. The highest BCUT2D eigenvalue weighted by Crippen LogP contribution is 2.31. The Bertz CT molecular complexity index is 1360. The molecule has 0 saturated heterocycles. The maximum atomic E-state index is 14.4. The molecule has 35 heavy (non-hydrogen) atoms. The maximum absolute atomic E-state index is 14.4. The summed E-state index contributed by atoms with van der Waals surface area (Å²) in [7, 11) is 0. The number of halogens is 3. The Morgan fingerprint density at radius 1 is 0.943 bits per heavy atom. The topological polar surface area (TPSA) is 79.3 Å². The molecule has 4 aromatic rings. The number of amides is 1. The van der Waals surface area contributed by atoms with E-state index in [9.17, 15) is 18.4 Å². The molecule has 1 aromatic heterocycles. The second-order valence-electron chi connectivity index (χ2n) is 7.80. The van der Waals surface area contributed by atoms with Crippen LogP contribution in [-0.4, -0.2) is 22.0 Å². The molecule has 5 nitrogen and oxygen atoms in total. The average molecular weight is 493 g/mol. The van der Waals surface area contributed by atoms with Crippen LogP contribution in [0.1, 0.15) is 27.5 Å². The van der Waals surface area contributed by atoms with E-state index in [4.69, 9.17) is 16.7 Å². The van der Waals surface area contributed by atoms with Crippen LogP contribution >= 0.6 is 11.6 Å². The number of aromatic nitrogens is 1. The Labute approximate surface area is 205 Å². The standard InChI is InChI=1S/C27H19ClF2N2O3/c28-21-11-12-22(29)24(25(21)30)18-8-13-23(31-15-18)20(14-16-4-2-1-3-5-16)26(33)32-19-9-6-17(7-10-19)27(34)35/h1-13,15,20H,14H2,(H,32,33)(H,34,35)/t20-/m1/s1. The van der Waals surface area contributed by atoms with E-state index in [0.717, 1.165) is 17.7 Å². The number of carboxylic acids is 1. The molecule has 0 radical (unpaired) electrons. The Balaban J connectivity index is 1.64. The first-order valence-corrected chi connectivity index (χ1v) is 11.0.